The van der Waals surface area contributed by atoms with E-state index in [0.717, 1.165) is 15.5 Å². The summed E-state index contributed by atoms with van der Waals surface area (Å²) in [5, 5.41) is 0.920. The van der Waals surface area contributed by atoms with Gasteiger partial charge in [-0.05, 0) is 48.0 Å². The second-order valence-corrected chi connectivity index (χ2v) is 5.90. The SMILES string of the molecule is CC(C)n1ccc2cnc(C(=O)c3ccc(Br)cn3)nc21. The topological polar surface area (TPSA) is 60.7 Å². The lowest BCUT2D eigenvalue weighted by molar-refractivity contribution is 0.102. The summed E-state index contributed by atoms with van der Waals surface area (Å²) in [6.07, 6.45) is 5.21. The van der Waals surface area contributed by atoms with Crippen LogP contribution in [-0.4, -0.2) is 25.3 Å². The van der Waals surface area contributed by atoms with Crippen molar-refractivity contribution < 1.29 is 4.79 Å². The Morgan fingerprint density at radius 2 is 2.00 bits per heavy atom. The van der Waals surface area contributed by atoms with Crippen LogP contribution in [-0.2, 0) is 0 Å². The molecule has 0 N–H and O–H groups in total. The normalized spacial score (nSPS) is 11.2. The highest BCUT2D eigenvalue weighted by Gasteiger charge is 2.16. The molecule has 0 aliphatic heterocycles. The van der Waals surface area contributed by atoms with Gasteiger partial charge < -0.3 is 4.57 Å². The number of pyridine rings is 1. The van der Waals surface area contributed by atoms with Crippen LogP contribution in [0.2, 0.25) is 0 Å². The molecule has 3 aromatic heterocycles. The van der Waals surface area contributed by atoms with Gasteiger partial charge >= 0.3 is 0 Å². The number of fused-ring (bicyclic) bond motifs is 1. The molecule has 0 aromatic carbocycles. The Morgan fingerprint density at radius 3 is 2.67 bits per heavy atom. The number of hydrogen-bond acceptors (Lipinski definition) is 4. The largest absolute Gasteiger partial charge is 0.330 e. The number of carbonyl (C=O) groups excluding carboxylic acids is 1. The van der Waals surface area contributed by atoms with E-state index < -0.39 is 0 Å². The van der Waals surface area contributed by atoms with Gasteiger partial charge in [0, 0.05) is 34.5 Å². The number of nitrogens with zero attached hydrogens (tertiary/aromatic N) is 4. The molecule has 0 saturated carbocycles. The zero-order valence-electron chi connectivity index (χ0n) is 11.6. The molecule has 106 valence electrons. The van der Waals surface area contributed by atoms with Crippen molar-refractivity contribution in [3.05, 3.63) is 52.8 Å². The summed E-state index contributed by atoms with van der Waals surface area (Å²) < 4.78 is 2.84. The maximum atomic E-state index is 12.4. The summed E-state index contributed by atoms with van der Waals surface area (Å²) in [7, 11) is 0. The van der Waals surface area contributed by atoms with Crippen molar-refractivity contribution in [2.45, 2.75) is 19.9 Å². The van der Waals surface area contributed by atoms with Crippen molar-refractivity contribution in [2.24, 2.45) is 0 Å². The number of hydrogen-bond donors (Lipinski definition) is 0. The van der Waals surface area contributed by atoms with Crippen LogP contribution in [0.4, 0.5) is 0 Å². The predicted molar refractivity (Wildman–Crippen MR) is 83.3 cm³/mol. The molecule has 0 aliphatic rings. The van der Waals surface area contributed by atoms with Gasteiger partial charge in [0.15, 0.2) is 0 Å². The van der Waals surface area contributed by atoms with Crippen molar-refractivity contribution in [2.75, 3.05) is 0 Å². The first kappa shape index (κ1) is 13.9. The molecular formula is C15H13BrN4O. The fourth-order valence-corrected chi connectivity index (χ4v) is 2.32. The minimum absolute atomic E-state index is 0.165. The quantitative estimate of drug-likeness (QED) is 0.683. The smallest absolute Gasteiger partial charge is 0.248 e. The molecular weight excluding hydrogens is 332 g/mol. The van der Waals surface area contributed by atoms with Crippen molar-refractivity contribution in [3.63, 3.8) is 0 Å². The van der Waals surface area contributed by atoms with Gasteiger partial charge in [0.2, 0.25) is 11.6 Å². The number of halogens is 1. The Bertz CT molecular complexity index is 808. The Balaban J connectivity index is 2.05. The number of rotatable bonds is 3. The lowest BCUT2D eigenvalue weighted by atomic mass is 10.2. The summed E-state index contributed by atoms with van der Waals surface area (Å²) in [5.41, 5.74) is 1.10. The van der Waals surface area contributed by atoms with E-state index in [1.54, 1.807) is 24.5 Å². The van der Waals surface area contributed by atoms with Crippen LogP contribution >= 0.6 is 15.9 Å². The number of aromatic nitrogens is 4. The van der Waals surface area contributed by atoms with Crippen molar-refractivity contribution >= 4 is 32.7 Å². The highest BCUT2D eigenvalue weighted by Crippen LogP contribution is 2.18. The molecule has 0 amide bonds. The molecule has 6 heteroatoms. The van der Waals surface area contributed by atoms with E-state index in [1.807, 2.05) is 16.8 Å². The van der Waals surface area contributed by atoms with Crippen molar-refractivity contribution in [1.82, 2.24) is 19.5 Å². The van der Waals surface area contributed by atoms with Crippen LogP contribution < -0.4 is 0 Å². The summed E-state index contributed by atoms with van der Waals surface area (Å²) in [4.78, 5) is 25.0. The molecule has 0 aliphatic carbocycles. The van der Waals surface area contributed by atoms with Crippen LogP contribution in [0.25, 0.3) is 11.0 Å². The lowest BCUT2D eigenvalue weighted by Gasteiger charge is -2.08. The second kappa shape index (κ2) is 5.37. The molecule has 3 rings (SSSR count). The van der Waals surface area contributed by atoms with Crippen molar-refractivity contribution in [3.8, 4) is 0 Å². The predicted octanol–water partition coefficient (Wildman–Crippen LogP) is 3.40. The minimum atomic E-state index is -0.277. The third-order valence-electron chi connectivity index (χ3n) is 3.17. The van der Waals surface area contributed by atoms with Gasteiger partial charge in [0.05, 0.1) is 0 Å². The van der Waals surface area contributed by atoms with Crippen LogP contribution in [0.5, 0.6) is 0 Å². The van der Waals surface area contributed by atoms with Crippen LogP contribution in [0.3, 0.4) is 0 Å². The monoisotopic (exact) mass is 344 g/mol. The second-order valence-electron chi connectivity index (χ2n) is 4.98. The third-order valence-corrected chi connectivity index (χ3v) is 3.64. The first-order valence-electron chi connectivity index (χ1n) is 6.56. The van der Waals surface area contributed by atoms with Gasteiger partial charge in [-0.25, -0.2) is 9.97 Å². The maximum Gasteiger partial charge on any atom is 0.248 e. The Labute approximate surface area is 130 Å². The molecule has 3 heterocycles. The van der Waals surface area contributed by atoms with Gasteiger partial charge in [-0.2, -0.15) is 0 Å². The maximum absolute atomic E-state index is 12.4. The molecule has 0 unspecified atom stereocenters. The van der Waals surface area contributed by atoms with Crippen molar-refractivity contribution in [1.29, 1.82) is 0 Å². The Hall–Kier alpha value is -2.08. The highest BCUT2D eigenvalue weighted by molar-refractivity contribution is 9.10. The van der Waals surface area contributed by atoms with E-state index in [1.165, 1.54) is 0 Å². The van der Waals surface area contributed by atoms with E-state index in [4.69, 9.17) is 0 Å². The molecule has 0 atom stereocenters. The Morgan fingerprint density at radius 1 is 1.19 bits per heavy atom. The molecule has 0 radical (unpaired) electrons. The summed E-state index contributed by atoms with van der Waals surface area (Å²) in [6.45, 7) is 4.14. The van der Waals surface area contributed by atoms with E-state index in [-0.39, 0.29) is 17.6 Å². The van der Waals surface area contributed by atoms with Gasteiger partial charge in [-0.15, -0.1) is 0 Å². The number of ketones is 1. The fraction of sp³-hybridized carbons (Fsp3) is 0.200. The first-order valence-corrected chi connectivity index (χ1v) is 7.35. The summed E-state index contributed by atoms with van der Waals surface area (Å²) in [6, 6.07) is 5.64. The standard InChI is InChI=1S/C15H13BrN4O/c1-9(2)20-6-5-10-7-18-14(19-15(10)20)13(21)12-4-3-11(16)8-17-12/h3-9H,1-2H3. The lowest BCUT2D eigenvalue weighted by Crippen LogP contribution is -2.10. The molecule has 0 bridgehead atoms. The van der Waals surface area contributed by atoms with Crippen LogP contribution in [0.1, 0.15) is 36.2 Å². The fourth-order valence-electron chi connectivity index (χ4n) is 2.09. The zero-order chi connectivity index (χ0) is 15.0. The molecule has 0 saturated heterocycles. The molecule has 0 fully saturated rings. The van der Waals surface area contributed by atoms with Gasteiger partial charge in [-0.3, -0.25) is 9.78 Å². The summed E-state index contributed by atoms with van der Waals surface area (Å²) >= 11 is 3.30. The average Bonchev–Trinajstić information content (AvgIpc) is 2.90. The average molecular weight is 345 g/mol. The van der Waals surface area contributed by atoms with Gasteiger partial charge in [0.1, 0.15) is 11.3 Å². The van der Waals surface area contributed by atoms with E-state index >= 15 is 0 Å². The van der Waals surface area contributed by atoms with E-state index in [0.29, 0.717) is 5.69 Å². The molecule has 0 spiro atoms. The molecule has 21 heavy (non-hydrogen) atoms. The molecule has 3 aromatic rings. The van der Waals surface area contributed by atoms with Crippen LogP contribution in [0.15, 0.2) is 41.3 Å². The first-order chi connectivity index (χ1) is 10.1. The summed E-state index contributed by atoms with van der Waals surface area (Å²) in [5.74, 6) is -0.112. The zero-order valence-corrected chi connectivity index (χ0v) is 13.2. The number of carbonyl (C=O) groups is 1. The minimum Gasteiger partial charge on any atom is -0.330 e. The highest BCUT2D eigenvalue weighted by atomic mass is 79.9. The van der Waals surface area contributed by atoms with Gasteiger partial charge in [0.25, 0.3) is 0 Å². The van der Waals surface area contributed by atoms with E-state index in [9.17, 15) is 4.79 Å². The van der Waals surface area contributed by atoms with Crippen LogP contribution in [0, 0.1) is 0 Å². The van der Waals surface area contributed by atoms with Gasteiger partial charge in [-0.1, -0.05) is 0 Å². The molecule has 5 nitrogen and oxygen atoms in total. The van der Waals surface area contributed by atoms with E-state index in [2.05, 4.69) is 44.7 Å². The third kappa shape index (κ3) is 2.58. The Kier molecular flexibility index (Phi) is 3.55.